The summed E-state index contributed by atoms with van der Waals surface area (Å²) in [6, 6.07) is 5.97. The van der Waals surface area contributed by atoms with Crippen LogP contribution in [0.3, 0.4) is 0 Å². The Labute approximate surface area is 107 Å². The highest BCUT2D eigenvalue weighted by atomic mass is 79.9. The molecule has 0 amide bonds. The van der Waals surface area contributed by atoms with E-state index in [0.717, 1.165) is 15.7 Å². The lowest BCUT2D eigenvalue weighted by Crippen LogP contribution is -1.96. The summed E-state index contributed by atoms with van der Waals surface area (Å²) in [5.74, 6) is 0.637. The summed E-state index contributed by atoms with van der Waals surface area (Å²) in [6.07, 6.45) is 3.13. The van der Waals surface area contributed by atoms with Crippen molar-refractivity contribution in [3.63, 3.8) is 0 Å². The highest BCUT2D eigenvalue weighted by molar-refractivity contribution is 9.10. The van der Waals surface area contributed by atoms with Gasteiger partial charge in [0.1, 0.15) is 5.15 Å². The molecule has 0 radical (unpaired) electrons. The van der Waals surface area contributed by atoms with Gasteiger partial charge in [0, 0.05) is 10.2 Å². The van der Waals surface area contributed by atoms with E-state index in [-0.39, 0.29) is 0 Å². The van der Waals surface area contributed by atoms with Crippen molar-refractivity contribution in [2.75, 3.05) is 5.32 Å². The second-order valence-electron chi connectivity index (χ2n) is 3.31. The molecule has 82 valence electrons. The Balaban J connectivity index is 2.27. The Morgan fingerprint density at radius 3 is 2.81 bits per heavy atom. The fourth-order valence-electron chi connectivity index (χ4n) is 1.31. The van der Waals surface area contributed by atoms with Gasteiger partial charge in [-0.25, -0.2) is 4.98 Å². The third-order valence-corrected chi connectivity index (χ3v) is 2.73. The summed E-state index contributed by atoms with van der Waals surface area (Å²) >= 11 is 9.17. The maximum absolute atomic E-state index is 5.75. The number of nitrogens with one attached hydrogen (secondary N) is 1. The minimum atomic E-state index is 0.375. The van der Waals surface area contributed by atoms with Crippen LogP contribution in [0.25, 0.3) is 0 Å². The largest absolute Gasteiger partial charge is 0.339 e. The van der Waals surface area contributed by atoms with Crippen molar-refractivity contribution >= 4 is 39.0 Å². The van der Waals surface area contributed by atoms with E-state index >= 15 is 0 Å². The van der Waals surface area contributed by atoms with Gasteiger partial charge in [-0.2, -0.15) is 0 Å². The summed E-state index contributed by atoms with van der Waals surface area (Å²) in [7, 11) is 0. The first-order valence-electron chi connectivity index (χ1n) is 4.66. The van der Waals surface area contributed by atoms with Gasteiger partial charge in [0.2, 0.25) is 0 Å². The smallest absolute Gasteiger partial charge is 0.150 e. The van der Waals surface area contributed by atoms with E-state index in [9.17, 15) is 0 Å². The molecule has 0 fully saturated rings. The fourth-order valence-corrected chi connectivity index (χ4v) is 1.93. The first-order chi connectivity index (χ1) is 7.65. The Kier molecular flexibility index (Phi) is 3.41. The van der Waals surface area contributed by atoms with E-state index in [1.54, 1.807) is 6.20 Å². The second kappa shape index (κ2) is 4.80. The molecule has 0 aliphatic carbocycles. The molecule has 0 spiro atoms. The Bertz CT molecular complexity index is 516. The first-order valence-corrected chi connectivity index (χ1v) is 5.83. The number of rotatable bonds is 2. The summed E-state index contributed by atoms with van der Waals surface area (Å²) in [4.78, 5) is 8.07. The highest BCUT2D eigenvalue weighted by Gasteiger charge is 2.01. The molecular weight excluding hydrogens is 289 g/mol. The zero-order valence-electron chi connectivity index (χ0n) is 8.54. The third-order valence-electron chi connectivity index (χ3n) is 2.06. The molecule has 0 unspecified atom stereocenters. The van der Waals surface area contributed by atoms with Gasteiger partial charge in [0.15, 0.2) is 5.82 Å². The lowest BCUT2D eigenvalue weighted by molar-refractivity contribution is 1.19. The van der Waals surface area contributed by atoms with Crippen LogP contribution in [0.5, 0.6) is 0 Å². The average Bonchev–Trinajstić information content (AvgIpc) is 2.22. The van der Waals surface area contributed by atoms with Crippen LogP contribution in [0.2, 0.25) is 5.15 Å². The molecule has 0 aliphatic heterocycles. The van der Waals surface area contributed by atoms with Gasteiger partial charge in [-0.05, 0) is 30.7 Å². The van der Waals surface area contributed by atoms with Crippen LogP contribution < -0.4 is 5.32 Å². The van der Waals surface area contributed by atoms with Gasteiger partial charge in [-0.1, -0.05) is 27.5 Å². The van der Waals surface area contributed by atoms with Crippen molar-refractivity contribution in [2.45, 2.75) is 6.92 Å². The van der Waals surface area contributed by atoms with E-state index in [1.165, 1.54) is 6.20 Å². The molecular formula is C11H9BrClN3. The first kappa shape index (κ1) is 11.4. The second-order valence-corrected chi connectivity index (χ2v) is 4.61. The number of anilines is 2. The van der Waals surface area contributed by atoms with Gasteiger partial charge in [-0.3, -0.25) is 4.98 Å². The molecule has 0 atom stereocenters. The SMILES string of the molecule is Cc1cc(Br)ccc1Nc1cncc(Cl)n1. The molecule has 1 aromatic carbocycles. The third kappa shape index (κ3) is 2.71. The van der Waals surface area contributed by atoms with Crippen LogP contribution >= 0.6 is 27.5 Å². The standard InChI is InChI=1S/C11H9BrClN3/c1-7-4-8(12)2-3-9(7)15-11-6-14-5-10(13)16-11/h2-6H,1H3,(H,15,16). The number of hydrogen-bond donors (Lipinski definition) is 1. The Hall–Kier alpha value is -1.13. The summed E-state index contributed by atoms with van der Waals surface area (Å²) in [5.41, 5.74) is 2.11. The lowest BCUT2D eigenvalue weighted by atomic mass is 10.2. The number of benzene rings is 1. The number of halogens is 2. The van der Waals surface area contributed by atoms with E-state index in [2.05, 4.69) is 31.2 Å². The lowest BCUT2D eigenvalue weighted by Gasteiger charge is -2.08. The maximum Gasteiger partial charge on any atom is 0.150 e. The predicted molar refractivity (Wildman–Crippen MR) is 69.2 cm³/mol. The van der Waals surface area contributed by atoms with Crippen LogP contribution in [0, 0.1) is 6.92 Å². The molecule has 1 N–H and O–H groups in total. The van der Waals surface area contributed by atoms with Crippen LogP contribution in [0.15, 0.2) is 35.1 Å². The molecule has 2 aromatic rings. The monoisotopic (exact) mass is 297 g/mol. The highest BCUT2D eigenvalue weighted by Crippen LogP contribution is 2.22. The minimum absolute atomic E-state index is 0.375. The van der Waals surface area contributed by atoms with E-state index in [1.807, 2.05) is 25.1 Å². The van der Waals surface area contributed by atoms with Gasteiger partial charge in [0.25, 0.3) is 0 Å². The van der Waals surface area contributed by atoms with Crippen molar-refractivity contribution in [2.24, 2.45) is 0 Å². The summed E-state index contributed by atoms with van der Waals surface area (Å²) < 4.78 is 1.05. The zero-order chi connectivity index (χ0) is 11.5. The molecule has 0 saturated carbocycles. The minimum Gasteiger partial charge on any atom is -0.339 e. The number of nitrogens with zero attached hydrogens (tertiary/aromatic N) is 2. The molecule has 16 heavy (non-hydrogen) atoms. The molecule has 5 heteroatoms. The maximum atomic E-state index is 5.75. The topological polar surface area (TPSA) is 37.8 Å². The van der Waals surface area contributed by atoms with Crippen LogP contribution in [-0.4, -0.2) is 9.97 Å². The number of aromatic nitrogens is 2. The zero-order valence-corrected chi connectivity index (χ0v) is 10.9. The Morgan fingerprint density at radius 1 is 1.31 bits per heavy atom. The van der Waals surface area contributed by atoms with E-state index in [0.29, 0.717) is 11.0 Å². The quantitative estimate of drug-likeness (QED) is 0.912. The molecule has 0 saturated heterocycles. The van der Waals surface area contributed by atoms with Crippen LogP contribution in [0.4, 0.5) is 11.5 Å². The van der Waals surface area contributed by atoms with Crippen LogP contribution in [0.1, 0.15) is 5.56 Å². The number of hydrogen-bond acceptors (Lipinski definition) is 3. The van der Waals surface area contributed by atoms with Crippen molar-refractivity contribution in [3.05, 3.63) is 45.8 Å². The molecule has 0 bridgehead atoms. The van der Waals surface area contributed by atoms with Gasteiger partial charge < -0.3 is 5.32 Å². The van der Waals surface area contributed by atoms with E-state index in [4.69, 9.17) is 11.6 Å². The fraction of sp³-hybridized carbons (Fsp3) is 0.0909. The molecule has 1 heterocycles. The van der Waals surface area contributed by atoms with Crippen LogP contribution in [-0.2, 0) is 0 Å². The summed E-state index contributed by atoms with van der Waals surface area (Å²) in [6.45, 7) is 2.02. The molecule has 2 rings (SSSR count). The van der Waals surface area contributed by atoms with Crippen molar-refractivity contribution in [1.29, 1.82) is 0 Å². The number of aryl methyl sites for hydroxylation is 1. The summed E-state index contributed by atoms with van der Waals surface area (Å²) in [5, 5.41) is 3.54. The van der Waals surface area contributed by atoms with Gasteiger partial charge in [-0.15, -0.1) is 0 Å². The van der Waals surface area contributed by atoms with Crippen molar-refractivity contribution < 1.29 is 0 Å². The molecule has 0 aliphatic rings. The van der Waals surface area contributed by atoms with Gasteiger partial charge >= 0.3 is 0 Å². The normalized spacial score (nSPS) is 10.2. The van der Waals surface area contributed by atoms with Gasteiger partial charge in [0.05, 0.1) is 12.4 Å². The average molecular weight is 299 g/mol. The Morgan fingerprint density at radius 2 is 2.12 bits per heavy atom. The molecule has 1 aromatic heterocycles. The predicted octanol–water partition coefficient (Wildman–Crippen LogP) is 3.94. The molecule has 3 nitrogen and oxygen atoms in total. The van der Waals surface area contributed by atoms with Crippen molar-refractivity contribution in [1.82, 2.24) is 9.97 Å². The van der Waals surface area contributed by atoms with E-state index < -0.39 is 0 Å². The van der Waals surface area contributed by atoms with Crippen molar-refractivity contribution in [3.8, 4) is 0 Å².